The lowest BCUT2D eigenvalue weighted by atomic mass is 10.00. The number of benzene rings is 2. The summed E-state index contributed by atoms with van der Waals surface area (Å²) in [6.45, 7) is 6.11. The van der Waals surface area contributed by atoms with Crippen LogP contribution in [0.4, 0.5) is 0 Å². The third kappa shape index (κ3) is 4.53. The predicted octanol–water partition coefficient (Wildman–Crippen LogP) is 4.30. The Balaban J connectivity index is 1.80. The van der Waals surface area contributed by atoms with Gasteiger partial charge in [-0.25, -0.2) is 8.42 Å². The maximum absolute atomic E-state index is 12.8. The quantitative estimate of drug-likeness (QED) is 0.783. The Labute approximate surface area is 156 Å². The average Bonchev–Trinajstić information content (AvgIpc) is 2.62. The van der Waals surface area contributed by atoms with Crippen molar-refractivity contribution in [3.63, 3.8) is 0 Å². The highest BCUT2D eigenvalue weighted by Crippen LogP contribution is 2.33. The summed E-state index contributed by atoms with van der Waals surface area (Å²) in [5, 5.41) is 0. The Kier molecular flexibility index (Phi) is 5.80. The number of hydrogen-bond acceptors (Lipinski definition) is 4. The van der Waals surface area contributed by atoms with Gasteiger partial charge in [-0.1, -0.05) is 61.9 Å². The van der Waals surface area contributed by atoms with Gasteiger partial charge in [0, 0.05) is 12.0 Å². The van der Waals surface area contributed by atoms with E-state index < -0.39 is 22.2 Å². The topological polar surface area (TPSA) is 52.6 Å². The molecule has 0 unspecified atom stereocenters. The van der Waals surface area contributed by atoms with Crippen LogP contribution in [-0.4, -0.2) is 26.4 Å². The highest BCUT2D eigenvalue weighted by molar-refractivity contribution is 7.91. The monoisotopic (exact) mass is 374 g/mol. The fourth-order valence-corrected chi connectivity index (χ4v) is 4.57. The van der Waals surface area contributed by atoms with E-state index in [1.165, 1.54) is 0 Å². The SMILES string of the molecule is Cc1ccc(S(=O)(=O)C[C@@H]2C[C@H](C(C)C)O[C@H](c3ccccc3)O2)cc1. The van der Waals surface area contributed by atoms with Crippen LogP contribution in [-0.2, 0) is 19.3 Å². The Morgan fingerprint density at radius 2 is 1.65 bits per heavy atom. The molecule has 26 heavy (non-hydrogen) atoms. The van der Waals surface area contributed by atoms with E-state index in [1.807, 2.05) is 49.4 Å². The summed E-state index contributed by atoms with van der Waals surface area (Å²) in [6, 6.07) is 16.7. The van der Waals surface area contributed by atoms with Gasteiger partial charge < -0.3 is 9.47 Å². The molecule has 0 saturated carbocycles. The van der Waals surface area contributed by atoms with Crippen molar-refractivity contribution in [2.45, 2.75) is 50.6 Å². The molecular formula is C21H26O4S. The van der Waals surface area contributed by atoms with Gasteiger partial charge in [0.2, 0.25) is 0 Å². The van der Waals surface area contributed by atoms with Crippen LogP contribution >= 0.6 is 0 Å². The van der Waals surface area contributed by atoms with Crippen LogP contribution in [0, 0.1) is 12.8 Å². The first-order valence-corrected chi connectivity index (χ1v) is 10.7. The number of hydrogen-bond donors (Lipinski definition) is 0. The van der Waals surface area contributed by atoms with Gasteiger partial charge in [-0.05, 0) is 25.0 Å². The Bertz CT molecular complexity index is 813. The van der Waals surface area contributed by atoms with E-state index in [9.17, 15) is 8.42 Å². The van der Waals surface area contributed by atoms with Gasteiger partial charge in [0.15, 0.2) is 16.1 Å². The molecule has 3 atom stereocenters. The van der Waals surface area contributed by atoms with Crippen LogP contribution in [0.15, 0.2) is 59.5 Å². The first kappa shape index (κ1) is 19.1. The lowest BCUT2D eigenvalue weighted by Crippen LogP contribution is -2.39. The van der Waals surface area contributed by atoms with Crippen molar-refractivity contribution in [3.05, 3.63) is 65.7 Å². The molecule has 1 fully saturated rings. The number of rotatable bonds is 5. The molecule has 1 heterocycles. The van der Waals surface area contributed by atoms with Gasteiger partial charge >= 0.3 is 0 Å². The van der Waals surface area contributed by atoms with Crippen molar-refractivity contribution >= 4 is 9.84 Å². The van der Waals surface area contributed by atoms with Crippen LogP contribution in [0.2, 0.25) is 0 Å². The number of sulfone groups is 1. The van der Waals surface area contributed by atoms with E-state index in [0.29, 0.717) is 11.3 Å². The van der Waals surface area contributed by atoms with Crippen molar-refractivity contribution in [1.82, 2.24) is 0 Å². The molecule has 1 aliphatic rings. The van der Waals surface area contributed by atoms with Crippen LogP contribution in [0.5, 0.6) is 0 Å². The second-order valence-electron chi connectivity index (χ2n) is 7.25. The smallest absolute Gasteiger partial charge is 0.184 e. The second kappa shape index (κ2) is 7.91. The molecule has 0 radical (unpaired) electrons. The largest absolute Gasteiger partial charge is 0.345 e. The lowest BCUT2D eigenvalue weighted by molar-refractivity contribution is -0.251. The maximum atomic E-state index is 12.8. The van der Waals surface area contributed by atoms with Crippen molar-refractivity contribution in [1.29, 1.82) is 0 Å². The van der Waals surface area contributed by atoms with Crippen molar-refractivity contribution in [2.75, 3.05) is 5.75 Å². The molecule has 2 aromatic rings. The van der Waals surface area contributed by atoms with Crippen molar-refractivity contribution < 1.29 is 17.9 Å². The summed E-state index contributed by atoms with van der Waals surface area (Å²) in [7, 11) is -3.41. The summed E-state index contributed by atoms with van der Waals surface area (Å²) in [6.07, 6.45) is -0.387. The first-order valence-electron chi connectivity index (χ1n) is 9.00. The standard InChI is InChI=1S/C21H26O4S/c1-15(2)20-13-18(24-21(25-20)17-7-5-4-6-8-17)14-26(22,23)19-11-9-16(3)10-12-19/h4-12,15,18,20-21H,13-14H2,1-3H3/t18-,20+,21+/m0/s1. The first-order chi connectivity index (χ1) is 12.3. The zero-order valence-electron chi connectivity index (χ0n) is 15.5. The molecule has 2 aromatic carbocycles. The molecule has 0 aromatic heterocycles. The average molecular weight is 375 g/mol. The summed E-state index contributed by atoms with van der Waals surface area (Å²) < 4.78 is 37.7. The minimum Gasteiger partial charge on any atom is -0.345 e. The van der Waals surface area contributed by atoms with Gasteiger partial charge in [0.1, 0.15) is 0 Å². The van der Waals surface area contributed by atoms with E-state index in [1.54, 1.807) is 12.1 Å². The van der Waals surface area contributed by atoms with E-state index >= 15 is 0 Å². The molecule has 0 amide bonds. The second-order valence-corrected chi connectivity index (χ2v) is 9.28. The molecule has 0 spiro atoms. The highest BCUT2D eigenvalue weighted by Gasteiger charge is 2.35. The highest BCUT2D eigenvalue weighted by atomic mass is 32.2. The molecule has 4 nitrogen and oxygen atoms in total. The zero-order chi connectivity index (χ0) is 18.7. The number of aryl methyl sites for hydroxylation is 1. The Morgan fingerprint density at radius 1 is 1.00 bits per heavy atom. The molecule has 3 rings (SSSR count). The van der Waals surface area contributed by atoms with Crippen LogP contribution < -0.4 is 0 Å². The predicted molar refractivity (Wildman–Crippen MR) is 102 cm³/mol. The molecule has 140 valence electrons. The third-order valence-electron chi connectivity index (χ3n) is 4.71. The molecule has 0 N–H and O–H groups in total. The van der Waals surface area contributed by atoms with Gasteiger partial charge in [-0.3, -0.25) is 0 Å². The summed E-state index contributed by atoms with van der Waals surface area (Å²) in [5.41, 5.74) is 1.95. The molecule has 5 heteroatoms. The van der Waals surface area contributed by atoms with E-state index in [0.717, 1.165) is 11.1 Å². The molecule has 1 saturated heterocycles. The summed E-state index contributed by atoms with van der Waals surface area (Å²) >= 11 is 0. The molecule has 1 aliphatic heterocycles. The van der Waals surface area contributed by atoms with Crippen LogP contribution in [0.3, 0.4) is 0 Å². The minimum atomic E-state index is -3.41. The van der Waals surface area contributed by atoms with Gasteiger partial charge in [-0.2, -0.15) is 0 Å². The van der Waals surface area contributed by atoms with Gasteiger partial charge in [-0.15, -0.1) is 0 Å². The van der Waals surface area contributed by atoms with Crippen molar-refractivity contribution in [3.8, 4) is 0 Å². The summed E-state index contributed by atoms with van der Waals surface area (Å²) in [4.78, 5) is 0.343. The Hall–Kier alpha value is -1.69. The van der Waals surface area contributed by atoms with Crippen LogP contribution in [0.1, 0.15) is 37.7 Å². The van der Waals surface area contributed by atoms with Crippen molar-refractivity contribution in [2.24, 2.45) is 5.92 Å². The summed E-state index contributed by atoms with van der Waals surface area (Å²) in [5.74, 6) is 0.251. The third-order valence-corrected chi connectivity index (χ3v) is 6.51. The fraction of sp³-hybridized carbons (Fsp3) is 0.429. The normalized spacial score (nSPS) is 23.9. The molecule has 0 aliphatic carbocycles. The minimum absolute atomic E-state index is 0.0350. The molecular weight excluding hydrogens is 348 g/mol. The van der Waals surface area contributed by atoms with E-state index in [-0.39, 0.29) is 17.8 Å². The fourth-order valence-electron chi connectivity index (χ4n) is 3.13. The Morgan fingerprint density at radius 3 is 2.27 bits per heavy atom. The number of ether oxygens (including phenoxy) is 2. The molecule has 0 bridgehead atoms. The van der Waals surface area contributed by atoms with Gasteiger partial charge in [0.25, 0.3) is 0 Å². The van der Waals surface area contributed by atoms with E-state index in [2.05, 4.69) is 13.8 Å². The lowest BCUT2D eigenvalue weighted by Gasteiger charge is -2.37. The van der Waals surface area contributed by atoms with Gasteiger partial charge in [0.05, 0.1) is 22.9 Å². The zero-order valence-corrected chi connectivity index (χ0v) is 16.3. The van der Waals surface area contributed by atoms with E-state index in [4.69, 9.17) is 9.47 Å². The van der Waals surface area contributed by atoms with Crippen LogP contribution in [0.25, 0.3) is 0 Å². The maximum Gasteiger partial charge on any atom is 0.184 e.